The first-order chi connectivity index (χ1) is 9.08. The van der Waals surface area contributed by atoms with E-state index in [2.05, 4.69) is 21.2 Å². The van der Waals surface area contributed by atoms with Crippen molar-refractivity contribution in [2.24, 2.45) is 5.73 Å². The van der Waals surface area contributed by atoms with Crippen molar-refractivity contribution >= 4 is 27.5 Å². The summed E-state index contributed by atoms with van der Waals surface area (Å²) in [5.74, 6) is -0.393. The van der Waals surface area contributed by atoms with Crippen LogP contribution >= 0.6 is 15.9 Å². The summed E-state index contributed by atoms with van der Waals surface area (Å²) in [6.07, 6.45) is 0.526. The van der Waals surface area contributed by atoms with Gasteiger partial charge < -0.3 is 15.8 Å². The SMILES string of the molecule is CC1(C)CC(Nc2ccc(Br)cc2)(C(N)=O)C(C)(C)O1. The highest BCUT2D eigenvalue weighted by Gasteiger charge is 2.61. The van der Waals surface area contributed by atoms with E-state index in [1.165, 1.54) is 0 Å². The van der Waals surface area contributed by atoms with Gasteiger partial charge in [-0.15, -0.1) is 0 Å². The van der Waals surface area contributed by atoms with Gasteiger partial charge in [0, 0.05) is 16.6 Å². The fourth-order valence-electron chi connectivity index (χ4n) is 3.09. The summed E-state index contributed by atoms with van der Waals surface area (Å²) < 4.78 is 7.02. The third-order valence-corrected chi connectivity index (χ3v) is 4.40. The maximum Gasteiger partial charge on any atom is 0.246 e. The predicted molar refractivity (Wildman–Crippen MR) is 83.6 cm³/mol. The minimum absolute atomic E-state index is 0.393. The van der Waals surface area contributed by atoms with Crippen LogP contribution in [0.2, 0.25) is 0 Å². The molecule has 2 rings (SSSR count). The van der Waals surface area contributed by atoms with Gasteiger partial charge in [0.15, 0.2) is 0 Å². The predicted octanol–water partition coefficient (Wildman–Crippen LogP) is 3.06. The van der Waals surface area contributed by atoms with Crippen molar-refractivity contribution in [1.29, 1.82) is 0 Å². The Morgan fingerprint density at radius 2 is 1.80 bits per heavy atom. The van der Waals surface area contributed by atoms with Crippen LogP contribution in [0.4, 0.5) is 5.69 Å². The van der Waals surface area contributed by atoms with Crippen LogP contribution in [-0.4, -0.2) is 22.6 Å². The molecule has 0 spiro atoms. The normalized spacial score (nSPS) is 27.2. The lowest BCUT2D eigenvalue weighted by molar-refractivity contribution is -0.129. The Morgan fingerprint density at radius 1 is 1.25 bits per heavy atom. The van der Waals surface area contributed by atoms with E-state index in [9.17, 15) is 4.79 Å². The minimum Gasteiger partial charge on any atom is -0.369 e. The van der Waals surface area contributed by atoms with Crippen LogP contribution in [0.15, 0.2) is 28.7 Å². The zero-order chi connectivity index (χ0) is 15.2. The molecule has 110 valence electrons. The second-order valence-electron chi connectivity index (χ2n) is 6.45. The molecule has 0 bridgehead atoms. The van der Waals surface area contributed by atoms with Crippen LogP contribution in [0.3, 0.4) is 0 Å². The van der Waals surface area contributed by atoms with Crippen LogP contribution < -0.4 is 11.1 Å². The molecule has 1 aliphatic rings. The quantitative estimate of drug-likeness (QED) is 0.888. The van der Waals surface area contributed by atoms with Gasteiger partial charge in [0.1, 0.15) is 5.54 Å². The molecule has 3 N–H and O–H groups in total. The molecule has 0 aliphatic carbocycles. The van der Waals surface area contributed by atoms with Gasteiger partial charge in [-0.2, -0.15) is 0 Å². The topological polar surface area (TPSA) is 64.3 Å². The first-order valence-electron chi connectivity index (χ1n) is 6.62. The summed E-state index contributed by atoms with van der Waals surface area (Å²) in [4.78, 5) is 12.2. The molecule has 1 aromatic rings. The molecule has 1 saturated heterocycles. The number of ether oxygens (including phenoxy) is 1. The van der Waals surface area contributed by atoms with Gasteiger partial charge in [-0.25, -0.2) is 0 Å². The lowest BCUT2D eigenvalue weighted by atomic mass is 9.78. The Bertz CT molecular complexity index is 525. The second-order valence-corrected chi connectivity index (χ2v) is 7.37. The molecule has 4 nitrogen and oxygen atoms in total. The standard InChI is InChI=1S/C15H21BrN2O2/c1-13(2)9-15(12(17)19,14(3,4)20-13)18-11-7-5-10(16)6-8-11/h5-8,18H,9H2,1-4H3,(H2,17,19). The fourth-order valence-corrected chi connectivity index (χ4v) is 3.35. The van der Waals surface area contributed by atoms with Crippen molar-refractivity contribution in [2.75, 3.05) is 5.32 Å². The Balaban J connectivity index is 2.41. The Kier molecular flexibility index (Phi) is 3.63. The van der Waals surface area contributed by atoms with Gasteiger partial charge in [-0.1, -0.05) is 15.9 Å². The number of carbonyl (C=O) groups is 1. The molecular formula is C15H21BrN2O2. The van der Waals surface area contributed by atoms with E-state index in [1.54, 1.807) is 0 Å². The van der Waals surface area contributed by atoms with Crippen LogP contribution in [0.1, 0.15) is 34.1 Å². The number of nitrogens with two attached hydrogens (primary N) is 1. The zero-order valence-electron chi connectivity index (χ0n) is 12.3. The maximum atomic E-state index is 12.2. The molecular weight excluding hydrogens is 320 g/mol. The lowest BCUT2D eigenvalue weighted by Gasteiger charge is -2.38. The number of halogens is 1. The maximum absolute atomic E-state index is 12.2. The van der Waals surface area contributed by atoms with E-state index in [0.29, 0.717) is 6.42 Å². The van der Waals surface area contributed by atoms with Crippen LogP contribution in [0.25, 0.3) is 0 Å². The van der Waals surface area contributed by atoms with Gasteiger partial charge in [0.05, 0.1) is 11.2 Å². The number of primary amides is 1. The molecule has 1 unspecified atom stereocenters. The van der Waals surface area contributed by atoms with E-state index in [0.717, 1.165) is 10.2 Å². The highest BCUT2D eigenvalue weighted by molar-refractivity contribution is 9.10. The van der Waals surface area contributed by atoms with Gasteiger partial charge in [-0.3, -0.25) is 4.79 Å². The first-order valence-corrected chi connectivity index (χ1v) is 7.41. The van der Waals surface area contributed by atoms with E-state index in [-0.39, 0.29) is 0 Å². The van der Waals surface area contributed by atoms with Crippen LogP contribution in [-0.2, 0) is 9.53 Å². The average Bonchev–Trinajstić information content (AvgIpc) is 2.47. The molecule has 0 radical (unpaired) electrons. The first kappa shape index (κ1) is 15.3. The highest BCUT2D eigenvalue weighted by Crippen LogP contribution is 2.46. The van der Waals surface area contributed by atoms with Gasteiger partial charge in [0.25, 0.3) is 0 Å². The number of rotatable bonds is 3. The number of benzene rings is 1. The molecule has 1 aromatic carbocycles. The lowest BCUT2D eigenvalue weighted by Crippen LogP contribution is -2.61. The van der Waals surface area contributed by atoms with Gasteiger partial charge >= 0.3 is 0 Å². The van der Waals surface area contributed by atoms with Crippen LogP contribution in [0.5, 0.6) is 0 Å². The van der Waals surface area contributed by atoms with E-state index in [1.807, 2.05) is 52.0 Å². The van der Waals surface area contributed by atoms with Crippen molar-refractivity contribution in [3.8, 4) is 0 Å². The summed E-state index contributed by atoms with van der Waals surface area (Å²) in [5, 5.41) is 3.31. The third-order valence-electron chi connectivity index (χ3n) is 3.87. The van der Waals surface area contributed by atoms with Crippen molar-refractivity contribution in [2.45, 2.75) is 50.9 Å². The number of anilines is 1. The van der Waals surface area contributed by atoms with Crippen molar-refractivity contribution < 1.29 is 9.53 Å². The molecule has 0 aromatic heterocycles. The summed E-state index contributed by atoms with van der Waals surface area (Å²) in [6.45, 7) is 7.75. The third kappa shape index (κ3) is 2.56. The zero-order valence-corrected chi connectivity index (χ0v) is 13.9. The van der Waals surface area contributed by atoms with E-state index >= 15 is 0 Å². The molecule has 1 aliphatic heterocycles. The Morgan fingerprint density at radius 3 is 2.20 bits per heavy atom. The fraction of sp³-hybridized carbons (Fsp3) is 0.533. The molecule has 1 fully saturated rings. The summed E-state index contributed by atoms with van der Waals surface area (Å²) >= 11 is 3.40. The summed E-state index contributed by atoms with van der Waals surface area (Å²) in [5.41, 5.74) is 4.55. The summed E-state index contributed by atoms with van der Waals surface area (Å²) in [7, 11) is 0. The smallest absolute Gasteiger partial charge is 0.246 e. The van der Waals surface area contributed by atoms with Crippen LogP contribution in [0, 0.1) is 0 Å². The largest absolute Gasteiger partial charge is 0.369 e. The second kappa shape index (κ2) is 4.74. The van der Waals surface area contributed by atoms with E-state index < -0.39 is 22.6 Å². The van der Waals surface area contributed by atoms with Crippen molar-refractivity contribution in [3.05, 3.63) is 28.7 Å². The Hall–Kier alpha value is -1.07. The monoisotopic (exact) mass is 340 g/mol. The number of amides is 1. The average molecular weight is 341 g/mol. The number of hydrogen-bond donors (Lipinski definition) is 2. The minimum atomic E-state index is -0.926. The molecule has 20 heavy (non-hydrogen) atoms. The van der Waals surface area contributed by atoms with Gasteiger partial charge in [-0.05, 0) is 52.0 Å². The van der Waals surface area contributed by atoms with Crippen molar-refractivity contribution in [3.63, 3.8) is 0 Å². The number of hydrogen-bond acceptors (Lipinski definition) is 3. The van der Waals surface area contributed by atoms with Crippen molar-refractivity contribution in [1.82, 2.24) is 0 Å². The number of nitrogens with one attached hydrogen (secondary N) is 1. The summed E-state index contributed by atoms with van der Waals surface area (Å²) in [6, 6.07) is 7.67. The number of carbonyl (C=O) groups excluding carboxylic acids is 1. The molecule has 0 saturated carbocycles. The molecule has 1 atom stereocenters. The molecule has 5 heteroatoms. The highest BCUT2D eigenvalue weighted by atomic mass is 79.9. The molecule has 1 heterocycles. The molecule has 1 amide bonds. The van der Waals surface area contributed by atoms with E-state index in [4.69, 9.17) is 10.5 Å². The van der Waals surface area contributed by atoms with Gasteiger partial charge in [0.2, 0.25) is 5.91 Å². The Labute approximate surface area is 128 Å².